The Bertz CT molecular complexity index is 321. The summed E-state index contributed by atoms with van der Waals surface area (Å²) in [5, 5.41) is 7.24. The fourth-order valence-corrected chi connectivity index (χ4v) is 2.09. The maximum atomic E-state index is 5.57. The third-order valence-corrected chi connectivity index (χ3v) is 3.00. The molecule has 1 fully saturated rings. The molecule has 0 amide bonds. The highest BCUT2D eigenvalue weighted by Gasteiger charge is 2.14. The van der Waals surface area contributed by atoms with Gasteiger partial charge in [0.2, 0.25) is 5.89 Å². The number of hydrogen-bond acceptors (Lipinski definition) is 5. The highest BCUT2D eigenvalue weighted by Crippen LogP contribution is 2.16. The Morgan fingerprint density at radius 1 is 1.41 bits per heavy atom. The monoisotopic (exact) mass is 239 g/mol. The molecule has 17 heavy (non-hydrogen) atoms. The van der Waals surface area contributed by atoms with Crippen LogP contribution in [0.1, 0.15) is 37.4 Å². The number of ether oxygens (including phenoxy) is 1. The lowest BCUT2D eigenvalue weighted by Gasteiger charge is -2.08. The lowest BCUT2D eigenvalue weighted by atomic mass is 10.1. The molecule has 2 heterocycles. The fourth-order valence-electron chi connectivity index (χ4n) is 2.09. The van der Waals surface area contributed by atoms with Crippen molar-refractivity contribution in [3.63, 3.8) is 0 Å². The van der Waals surface area contributed by atoms with E-state index in [0.29, 0.717) is 12.0 Å². The molecule has 0 saturated carbocycles. The summed E-state index contributed by atoms with van der Waals surface area (Å²) in [6.07, 6.45) is 6.16. The lowest BCUT2D eigenvalue weighted by Crippen LogP contribution is -2.20. The van der Waals surface area contributed by atoms with Crippen molar-refractivity contribution in [2.75, 3.05) is 19.7 Å². The Morgan fingerprint density at radius 3 is 3.06 bits per heavy atom. The third-order valence-electron chi connectivity index (χ3n) is 3.00. The van der Waals surface area contributed by atoms with Crippen molar-refractivity contribution in [1.29, 1.82) is 0 Å². The maximum Gasteiger partial charge on any atom is 0.223 e. The molecule has 1 aromatic rings. The van der Waals surface area contributed by atoms with E-state index in [4.69, 9.17) is 9.26 Å². The Hall–Kier alpha value is -0.940. The van der Waals surface area contributed by atoms with Crippen molar-refractivity contribution in [2.24, 2.45) is 0 Å². The molecule has 0 spiro atoms. The van der Waals surface area contributed by atoms with Crippen molar-refractivity contribution >= 4 is 0 Å². The van der Waals surface area contributed by atoms with Crippen LogP contribution in [-0.4, -0.2) is 35.9 Å². The van der Waals surface area contributed by atoms with Gasteiger partial charge in [0, 0.05) is 26.5 Å². The number of rotatable bonds is 7. The van der Waals surface area contributed by atoms with Crippen LogP contribution in [0.3, 0.4) is 0 Å². The van der Waals surface area contributed by atoms with Gasteiger partial charge in [0.05, 0.1) is 6.10 Å². The summed E-state index contributed by atoms with van der Waals surface area (Å²) >= 11 is 0. The number of aryl methyl sites for hydroxylation is 1. The molecule has 96 valence electrons. The first-order valence-corrected chi connectivity index (χ1v) is 6.46. The number of aromatic nitrogens is 2. The van der Waals surface area contributed by atoms with Gasteiger partial charge < -0.3 is 14.6 Å². The van der Waals surface area contributed by atoms with Gasteiger partial charge >= 0.3 is 0 Å². The Labute approximate surface area is 102 Å². The van der Waals surface area contributed by atoms with Crippen molar-refractivity contribution in [2.45, 2.75) is 45.1 Å². The minimum absolute atomic E-state index is 0.511. The van der Waals surface area contributed by atoms with Crippen LogP contribution in [0.4, 0.5) is 0 Å². The molecule has 1 aromatic heterocycles. The first-order valence-electron chi connectivity index (χ1n) is 6.46. The Morgan fingerprint density at radius 2 is 2.35 bits per heavy atom. The van der Waals surface area contributed by atoms with Gasteiger partial charge in [-0.05, 0) is 32.2 Å². The zero-order valence-corrected chi connectivity index (χ0v) is 10.4. The van der Waals surface area contributed by atoms with Crippen LogP contribution in [0, 0.1) is 6.92 Å². The molecule has 1 unspecified atom stereocenters. The first kappa shape index (κ1) is 12.5. The summed E-state index contributed by atoms with van der Waals surface area (Å²) in [6.45, 7) is 4.71. The number of hydrogen-bond donors (Lipinski definition) is 1. The van der Waals surface area contributed by atoms with Crippen LogP contribution in [-0.2, 0) is 11.2 Å². The molecule has 2 rings (SSSR count). The molecule has 1 aliphatic rings. The average Bonchev–Trinajstić information content (AvgIpc) is 2.95. The normalized spacial score (nSPS) is 19.9. The summed E-state index contributed by atoms with van der Waals surface area (Å²) in [5.74, 6) is 1.42. The van der Waals surface area contributed by atoms with Gasteiger partial charge in [0.25, 0.3) is 0 Å². The Kier molecular flexibility index (Phi) is 4.94. The summed E-state index contributed by atoms with van der Waals surface area (Å²) in [6, 6.07) is 0. The van der Waals surface area contributed by atoms with Crippen LogP contribution in [0.5, 0.6) is 0 Å². The molecular formula is C12H21N3O2. The second kappa shape index (κ2) is 6.71. The second-order valence-corrected chi connectivity index (χ2v) is 4.51. The van der Waals surface area contributed by atoms with Gasteiger partial charge in [-0.25, -0.2) is 0 Å². The second-order valence-electron chi connectivity index (χ2n) is 4.51. The van der Waals surface area contributed by atoms with Gasteiger partial charge in [0.1, 0.15) is 0 Å². The van der Waals surface area contributed by atoms with Crippen LogP contribution >= 0.6 is 0 Å². The van der Waals surface area contributed by atoms with Crippen LogP contribution < -0.4 is 5.32 Å². The van der Waals surface area contributed by atoms with Crippen LogP contribution in [0.25, 0.3) is 0 Å². The fraction of sp³-hybridized carbons (Fsp3) is 0.833. The summed E-state index contributed by atoms with van der Waals surface area (Å²) in [7, 11) is 0. The van der Waals surface area contributed by atoms with E-state index in [0.717, 1.165) is 31.9 Å². The van der Waals surface area contributed by atoms with E-state index in [2.05, 4.69) is 15.5 Å². The molecule has 1 saturated heterocycles. The van der Waals surface area contributed by atoms with Gasteiger partial charge in [-0.3, -0.25) is 0 Å². The highest BCUT2D eigenvalue weighted by molar-refractivity contribution is 4.84. The molecular weight excluding hydrogens is 218 g/mol. The van der Waals surface area contributed by atoms with E-state index in [1.54, 1.807) is 0 Å². The molecule has 0 aliphatic carbocycles. The molecule has 0 bridgehead atoms. The zero-order chi connectivity index (χ0) is 11.9. The molecule has 1 aliphatic heterocycles. The summed E-state index contributed by atoms with van der Waals surface area (Å²) < 4.78 is 10.5. The predicted molar refractivity (Wildman–Crippen MR) is 63.8 cm³/mol. The lowest BCUT2D eigenvalue weighted by molar-refractivity contribution is 0.102. The average molecular weight is 239 g/mol. The molecule has 0 radical (unpaired) electrons. The van der Waals surface area contributed by atoms with E-state index in [1.807, 2.05) is 6.92 Å². The van der Waals surface area contributed by atoms with Gasteiger partial charge in [-0.1, -0.05) is 5.16 Å². The zero-order valence-electron chi connectivity index (χ0n) is 10.4. The summed E-state index contributed by atoms with van der Waals surface area (Å²) in [5.41, 5.74) is 0. The van der Waals surface area contributed by atoms with E-state index in [1.165, 1.54) is 25.7 Å². The van der Waals surface area contributed by atoms with Crippen LogP contribution in [0.15, 0.2) is 4.52 Å². The SMILES string of the molecule is Cc1nc(CCNCCCC2CCCO2)no1. The predicted octanol–water partition coefficient (Wildman–Crippen LogP) is 1.47. The third kappa shape index (κ3) is 4.44. The van der Waals surface area contributed by atoms with E-state index in [-0.39, 0.29) is 0 Å². The minimum atomic E-state index is 0.511. The number of nitrogens with zero attached hydrogens (tertiary/aromatic N) is 2. The molecule has 1 atom stereocenters. The maximum absolute atomic E-state index is 5.57. The van der Waals surface area contributed by atoms with Crippen molar-refractivity contribution in [3.8, 4) is 0 Å². The van der Waals surface area contributed by atoms with Crippen molar-refractivity contribution in [1.82, 2.24) is 15.5 Å². The van der Waals surface area contributed by atoms with Crippen LogP contribution in [0.2, 0.25) is 0 Å². The first-order chi connectivity index (χ1) is 8.34. The molecule has 0 aromatic carbocycles. The Balaban J connectivity index is 1.46. The minimum Gasteiger partial charge on any atom is -0.378 e. The molecule has 5 heteroatoms. The summed E-state index contributed by atoms with van der Waals surface area (Å²) in [4.78, 5) is 4.15. The smallest absolute Gasteiger partial charge is 0.223 e. The highest BCUT2D eigenvalue weighted by atomic mass is 16.5. The van der Waals surface area contributed by atoms with Gasteiger partial charge in [0.15, 0.2) is 5.82 Å². The van der Waals surface area contributed by atoms with E-state index >= 15 is 0 Å². The van der Waals surface area contributed by atoms with E-state index in [9.17, 15) is 0 Å². The standard InChI is InChI=1S/C12H21N3O2/c1-10-14-12(15-17-10)6-8-13-7-2-4-11-5-3-9-16-11/h11,13H,2-9H2,1H3. The van der Waals surface area contributed by atoms with Crippen molar-refractivity contribution < 1.29 is 9.26 Å². The van der Waals surface area contributed by atoms with E-state index < -0.39 is 0 Å². The van der Waals surface area contributed by atoms with Crippen molar-refractivity contribution in [3.05, 3.63) is 11.7 Å². The largest absolute Gasteiger partial charge is 0.378 e. The molecule has 1 N–H and O–H groups in total. The van der Waals surface area contributed by atoms with Gasteiger partial charge in [-0.15, -0.1) is 0 Å². The quantitative estimate of drug-likeness (QED) is 0.730. The molecule has 5 nitrogen and oxygen atoms in total. The number of nitrogens with one attached hydrogen (secondary N) is 1. The van der Waals surface area contributed by atoms with Gasteiger partial charge in [-0.2, -0.15) is 4.98 Å². The topological polar surface area (TPSA) is 60.2 Å².